The van der Waals surface area contributed by atoms with Gasteiger partial charge in [-0.1, -0.05) is 0 Å². The van der Waals surface area contributed by atoms with Crippen molar-refractivity contribution in [3.05, 3.63) is 23.7 Å². The number of halogens is 1. The molecule has 1 aliphatic heterocycles. The van der Waals surface area contributed by atoms with E-state index in [1.807, 2.05) is 19.2 Å². The zero-order valence-electron chi connectivity index (χ0n) is 11.4. The van der Waals surface area contributed by atoms with Crippen molar-refractivity contribution in [2.75, 3.05) is 6.61 Å². The molecule has 2 aromatic rings. The second-order valence-corrected chi connectivity index (χ2v) is 5.84. The predicted molar refractivity (Wildman–Crippen MR) is 75.6 cm³/mol. The maximum Gasteiger partial charge on any atom is 0.160 e. The van der Waals surface area contributed by atoms with Crippen LogP contribution in [0.25, 0.3) is 11.2 Å². The SMILES string of the molecule is Cc1ccnc2c1nc(C(C)Cl)n2C1CCOC1C. The third-order valence-corrected chi connectivity index (χ3v) is 4.03. The fourth-order valence-electron chi connectivity index (χ4n) is 2.79. The van der Waals surface area contributed by atoms with Crippen LogP contribution in [-0.4, -0.2) is 27.2 Å². The Morgan fingerprint density at radius 1 is 1.53 bits per heavy atom. The molecule has 0 spiro atoms. The maximum atomic E-state index is 6.31. The number of ether oxygens (including phenoxy) is 1. The summed E-state index contributed by atoms with van der Waals surface area (Å²) in [5.74, 6) is 0.890. The van der Waals surface area contributed by atoms with Crippen LogP contribution in [0.4, 0.5) is 0 Å². The van der Waals surface area contributed by atoms with Crippen molar-refractivity contribution in [1.29, 1.82) is 0 Å². The molecule has 0 amide bonds. The number of imidazole rings is 1. The van der Waals surface area contributed by atoms with Gasteiger partial charge in [0.15, 0.2) is 5.65 Å². The lowest BCUT2D eigenvalue weighted by Crippen LogP contribution is -2.19. The summed E-state index contributed by atoms with van der Waals surface area (Å²) in [4.78, 5) is 9.21. The molecular formula is C14H18ClN3O. The van der Waals surface area contributed by atoms with Gasteiger partial charge in [0.1, 0.15) is 11.3 Å². The minimum atomic E-state index is -0.138. The Balaban J connectivity index is 2.25. The van der Waals surface area contributed by atoms with E-state index in [2.05, 4.69) is 23.4 Å². The largest absolute Gasteiger partial charge is 0.376 e. The van der Waals surface area contributed by atoms with Crippen LogP contribution in [0, 0.1) is 6.92 Å². The van der Waals surface area contributed by atoms with Gasteiger partial charge in [-0.15, -0.1) is 11.6 Å². The lowest BCUT2D eigenvalue weighted by atomic mass is 10.1. The molecule has 0 N–H and O–H groups in total. The normalized spacial score (nSPS) is 25.1. The standard InChI is InChI=1S/C14H18ClN3O/c1-8-4-6-16-14-12(8)17-13(9(2)15)18(14)11-5-7-19-10(11)3/h4,6,9-11H,5,7H2,1-3H3. The first-order valence-corrected chi connectivity index (χ1v) is 7.12. The van der Waals surface area contributed by atoms with E-state index < -0.39 is 0 Å². The number of hydrogen-bond donors (Lipinski definition) is 0. The Kier molecular flexibility index (Phi) is 3.23. The fourth-order valence-corrected chi connectivity index (χ4v) is 2.95. The number of alkyl halides is 1. The molecule has 5 heteroatoms. The van der Waals surface area contributed by atoms with E-state index in [0.29, 0.717) is 0 Å². The van der Waals surface area contributed by atoms with Crippen LogP contribution >= 0.6 is 11.6 Å². The van der Waals surface area contributed by atoms with Crippen LogP contribution < -0.4 is 0 Å². The molecular weight excluding hydrogens is 262 g/mol. The number of aromatic nitrogens is 3. The number of nitrogens with zero attached hydrogens (tertiary/aromatic N) is 3. The Bertz CT molecular complexity index is 608. The van der Waals surface area contributed by atoms with Crippen LogP contribution in [-0.2, 0) is 4.74 Å². The molecule has 0 aliphatic carbocycles. The van der Waals surface area contributed by atoms with Crippen LogP contribution in [0.5, 0.6) is 0 Å². The quantitative estimate of drug-likeness (QED) is 0.791. The maximum absolute atomic E-state index is 6.31. The molecule has 3 unspecified atom stereocenters. The van der Waals surface area contributed by atoms with Gasteiger partial charge in [0.25, 0.3) is 0 Å². The zero-order valence-corrected chi connectivity index (χ0v) is 12.2. The van der Waals surface area contributed by atoms with Crippen LogP contribution in [0.15, 0.2) is 12.3 Å². The predicted octanol–water partition coefficient (Wildman–Crippen LogP) is 3.39. The summed E-state index contributed by atoms with van der Waals surface area (Å²) in [5.41, 5.74) is 3.00. The van der Waals surface area contributed by atoms with E-state index in [0.717, 1.165) is 35.6 Å². The average molecular weight is 280 g/mol. The summed E-state index contributed by atoms with van der Waals surface area (Å²) in [7, 11) is 0. The van der Waals surface area contributed by atoms with Gasteiger partial charge in [-0.05, 0) is 38.8 Å². The zero-order chi connectivity index (χ0) is 13.6. The van der Waals surface area contributed by atoms with Gasteiger partial charge < -0.3 is 9.30 Å². The molecule has 102 valence electrons. The molecule has 1 aliphatic rings. The summed E-state index contributed by atoms with van der Waals surface area (Å²) >= 11 is 6.31. The van der Waals surface area contributed by atoms with E-state index in [-0.39, 0.29) is 17.5 Å². The number of hydrogen-bond acceptors (Lipinski definition) is 3. The minimum Gasteiger partial charge on any atom is -0.376 e. The van der Waals surface area contributed by atoms with Gasteiger partial charge >= 0.3 is 0 Å². The van der Waals surface area contributed by atoms with Crippen molar-refractivity contribution in [2.45, 2.75) is 44.7 Å². The van der Waals surface area contributed by atoms with Gasteiger partial charge in [0.05, 0.1) is 17.5 Å². The van der Waals surface area contributed by atoms with Crippen molar-refractivity contribution in [2.24, 2.45) is 0 Å². The highest BCUT2D eigenvalue weighted by Gasteiger charge is 2.31. The number of fused-ring (bicyclic) bond motifs is 1. The summed E-state index contributed by atoms with van der Waals surface area (Å²) in [6.45, 7) is 6.89. The van der Waals surface area contributed by atoms with E-state index in [9.17, 15) is 0 Å². The first-order chi connectivity index (χ1) is 9.09. The van der Waals surface area contributed by atoms with Gasteiger partial charge in [0, 0.05) is 12.8 Å². The van der Waals surface area contributed by atoms with Crippen molar-refractivity contribution >= 4 is 22.8 Å². The summed E-state index contributed by atoms with van der Waals surface area (Å²) in [5, 5.41) is -0.138. The number of pyridine rings is 1. The third-order valence-electron chi connectivity index (χ3n) is 3.83. The monoisotopic (exact) mass is 279 g/mol. The topological polar surface area (TPSA) is 39.9 Å². The molecule has 19 heavy (non-hydrogen) atoms. The fraction of sp³-hybridized carbons (Fsp3) is 0.571. The second-order valence-electron chi connectivity index (χ2n) is 5.19. The van der Waals surface area contributed by atoms with Gasteiger partial charge in [-0.25, -0.2) is 9.97 Å². The van der Waals surface area contributed by atoms with E-state index in [1.54, 1.807) is 0 Å². The van der Waals surface area contributed by atoms with Crippen molar-refractivity contribution in [3.8, 4) is 0 Å². The van der Waals surface area contributed by atoms with Crippen molar-refractivity contribution < 1.29 is 4.74 Å². The lowest BCUT2D eigenvalue weighted by Gasteiger charge is -2.19. The van der Waals surface area contributed by atoms with Gasteiger partial charge in [-0.2, -0.15) is 0 Å². The Morgan fingerprint density at radius 3 is 2.95 bits per heavy atom. The molecule has 4 nitrogen and oxygen atoms in total. The molecule has 1 fully saturated rings. The van der Waals surface area contributed by atoms with Crippen LogP contribution in [0.2, 0.25) is 0 Å². The molecule has 3 atom stereocenters. The van der Waals surface area contributed by atoms with E-state index in [4.69, 9.17) is 21.3 Å². The number of rotatable bonds is 2. The number of aryl methyl sites for hydroxylation is 1. The molecule has 0 saturated carbocycles. The highest BCUT2D eigenvalue weighted by Crippen LogP contribution is 2.34. The molecule has 3 rings (SSSR count). The molecule has 0 radical (unpaired) electrons. The van der Waals surface area contributed by atoms with Gasteiger partial charge in [0.2, 0.25) is 0 Å². The third kappa shape index (κ3) is 2.03. The first kappa shape index (κ1) is 12.9. The Labute approximate surface area is 117 Å². The molecule has 3 heterocycles. The van der Waals surface area contributed by atoms with E-state index in [1.165, 1.54) is 0 Å². The average Bonchev–Trinajstić information content (AvgIpc) is 2.93. The molecule has 0 aromatic carbocycles. The second kappa shape index (κ2) is 4.76. The smallest absolute Gasteiger partial charge is 0.160 e. The van der Waals surface area contributed by atoms with Crippen LogP contribution in [0.3, 0.4) is 0 Å². The van der Waals surface area contributed by atoms with Crippen molar-refractivity contribution in [3.63, 3.8) is 0 Å². The first-order valence-electron chi connectivity index (χ1n) is 6.68. The molecule has 2 aromatic heterocycles. The Morgan fingerprint density at radius 2 is 2.32 bits per heavy atom. The summed E-state index contributed by atoms with van der Waals surface area (Å²) < 4.78 is 7.86. The van der Waals surface area contributed by atoms with E-state index >= 15 is 0 Å². The van der Waals surface area contributed by atoms with Gasteiger partial charge in [-0.3, -0.25) is 0 Å². The van der Waals surface area contributed by atoms with Crippen molar-refractivity contribution in [1.82, 2.24) is 14.5 Å². The summed E-state index contributed by atoms with van der Waals surface area (Å²) in [6, 6.07) is 2.26. The summed E-state index contributed by atoms with van der Waals surface area (Å²) in [6.07, 6.45) is 2.99. The Hall–Kier alpha value is -1.13. The lowest BCUT2D eigenvalue weighted by molar-refractivity contribution is 0.108. The minimum absolute atomic E-state index is 0.138. The van der Waals surface area contributed by atoms with Crippen LogP contribution in [0.1, 0.15) is 43.1 Å². The highest BCUT2D eigenvalue weighted by atomic mass is 35.5. The molecule has 1 saturated heterocycles. The highest BCUT2D eigenvalue weighted by molar-refractivity contribution is 6.20. The molecule has 0 bridgehead atoms.